The number of para-hydroxylation sites is 1. The first-order chi connectivity index (χ1) is 9.17. The van der Waals surface area contributed by atoms with Crippen molar-refractivity contribution >= 4 is 6.29 Å². The number of carbonyl (C=O) groups excluding carboxylic acids is 1. The van der Waals surface area contributed by atoms with Gasteiger partial charge in [-0.15, -0.1) is 5.10 Å². The quantitative estimate of drug-likeness (QED) is 0.774. The Hall–Kier alpha value is -2.17. The lowest BCUT2D eigenvalue weighted by Crippen LogP contribution is -2.08. The highest BCUT2D eigenvalue weighted by molar-refractivity contribution is 5.85. The highest BCUT2D eigenvalue weighted by atomic mass is 16.5. The number of hydrogen-bond acceptors (Lipinski definition) is 4. The molecular weight excluding hydrogens is 242 g/mol. The lowest BCUT2D eigenvalue weighted by molar-refractivity contribution is 0.111. The van der Waals surface area contributed by atoms with Crippen molar-refractivity contribution < 1.29 is 9.53 Å². The van der Waals surface area contributed by atoms with E-state index < -0.39 is 0 Å². The maximum Gasteiger partial charge on any atom is 0.172 e. The third kappa shape index (κ3) is 2.65. The molecule has 0 aliphatic heterocycles. The summed E-state index contributed by atoms with van der Waals surface area (Å²) in [7, 11) is 1.61. The number of ether oxygens (including phenoxy) is 1. The van der Waals surface area contributed by atoms with Gasteiger partial charge < -0.3 is 4.74 Å². The number of rotatable bonds is 5. The number of methoxy groups -OCH3 is 1. The van der Waals surface area contributed by atoms with Crippen molar-refractivity contribution in [2.24, 2.45) is 5.92 Å². The topological polar surface area (TPSA) is 57.0 Å². The minimum absolute atomic E-state index is 0.338. The molecule has 2 aromatic rings. The third-order valence-electron chi connectivity index (χ3n) is 2.77. The van der Waals surface area contributed by atoms with Crippen molar-refractivity contribution in [3.8, 4) is 17.0 Å². The molecule has 0 saturated heterocycles. The predicted molar refractivity (Wildman–Crippen MR) is 72.2 cm³/mol. The molecule has 0 bridgehead atoms. The molecule has 19 heavy (non-hydrogen) atoms. The van der Waals surface area contributed by atoms with Crippen LogP contribution in [0, 0.1) is 5.92 Å². The van der Waals surface area contributed by atoms with Gasteiger partial charge in [0.25, 0.3) is 0 Å². The summed E-state index contributed by atoms with van der Waals surface area (Å²) in [5, 5.41) is 7.99. The molecule has 1 aromatic carbocycles. The maximum absolute atomic E-state index is 11.1. The smallest absolute Gasteiger partial charge is 0.172 e. The fraction of sp³-hybridized carbons (Fsp3) is 0.357. The molecule has 1 heterocycles. The van der Waals surface area contributed by atoms with Crippen LogP contribution < -0.4 is 4.74 Å². The molecule has 0 aliphatic carbocycles. The summed E-state index contributed by atoms with van der Waals surface area (Å²) >= 11 is 0. The Labute approximate surface area is 112 Å². The second kappa shape index (κ2) is 5.65. The van der Waals surface area contributed by atoms with Gasteiger partial charge in [0.05, 0.1) is 7.11 Å². The zero-order valence-corrected chi connectivity index (χ0v) is 11.3. The summed E-state index contributed by atoms with van der Waals surface area (Å²) < 4.78 is 7.10. The number of nitrogens with zero attached hydrogens (tertiary/aromatic N) is 3. The van der Waals surface area contributed by atoms with Gasteiger partial charge in [-0.3, -0.25) is 4.79 Å². The minimum atomic E-state index is 0.338. The molecule has 100 valence electrons. The van der Waals surface area contributed by atoms with E-state index >= 15 is 0 Å². The predicted octanol–water partition coefficient (Wildman–Crippen LogP) is 2.42. The van der Waals surface area contributed by atoms with Crippen molar-refractivity contribution in [1.29, 1.82) is 0 Å². The first-order valence-corrected chi connectivity index (χ1v) is 6.19. The number of carbonyl (C=O) groups is 1. The first-order valence-electron chi connectivity index (χ1n) is 6.19. The second-order valence-electron chi connectivity index (χ2n) is 4.72. The zero-order chi connectivity index (χ0) is 13.8. The van der Waals surface area contributed by atoms with E-state index in [1.165, 1.54) is 0 Å². The van der Waals surface area contributed by atoms with E-state index in [1.54, 1.807) is 11.8 Å². The normalized spacial score (nSPS) is 10.7. The molecule has 0 unspecified atom stereocenters. The second-order valence-corrected chi connectivity index (χ2v) is 4.72. The van der Waals surface area contributed by atoms with Crippen LogP contribution in [0.1, 0.15) is 24.3 Å². The Bertz CT molecular complexity index is 576. The van der Waals surface area contributed by atoms with Gasteiger partial charge in [-0.2, -0.15) is 0 Å². The van der Waals surface area contributed by atoms with E-state index in [0.29, 0.717) is 29.6 Å². The maximum atomic E-state index is 11.1. The van der Waals surface area contributed by atoms with Crippen molar-refractivity contribution in [3.05, 3.63) is 30.0 Å². The fourth-order valence-corrected chi connectivity index (χ4v) is 2.00. The average molecular weight is 259 g/mol. The summed E-state index contributed by atoms with van der Waals surface area (Å²) in [6.07, 6.45) is 0.728. The van der Waals surface area contributed by atoms with Gasteiger partial charge in [-0.05, 0) is 18.1 Å². The highest BCUT2D eigenvalue weighted by Gasteiger charge is 2.18. The van der Waals surface area contributed by atoms with Crippen LogP contribution >= 0.6 is 0 Å². The standard InChI is InChI=1S/C14H17N3O2/c1-10(2)8-17-14(12(9-18)15-16-17)11-6-4-5-7-13(11)19-3/h4-7,9-10H,8H2,1-3H3. The summed E-state index contributed by atoms with van der Waals surface area (Å²) in [6, 6.07) is 7.55. The Morgan fingerprint density at radius 2 is 2.11 bits per heavy atom. The molecule has 5 nitrogen and oxygen atoms in total. The summed E-state index contributed by atoms with van der Waals surface area (Å²) in [5.41, 5.74) is 1.88. The summed E-state index contributed by atoms with van der Waals surface area (Å²) in [6.45, 7) is 4.89. The first kappa shape index (κ1) is 13.3. The van der Waals surface area contributed by atoms with Crippen LogP contribution in [-0.2, 0) is 6.54 Å². The molecular formula is C14H17N3O2. The molecule has 2 rings (SSSR count). The van der Waals surface area contributed by atoms with Gasteiger partial charge in [-0.1, -0.05) is 31.2 Å². The molecule has 0 atom stereocenters. The Balaban J connectivity index is 2.58. The van der Waals surface area contributed by atoms with E-state index in [0.717, 1.165) is 11.8 Å². The Morgan fingerprint density at radius 1 is 1.37 bits per heavy atom. The van der Waals surface area contributed by atoms with E-state index in [9.17, 15) is 4.79 Å². The van der Waals surface area contributed by atoms with Gasteiger partial charge in [0.1, 0.15) is 11.4 Å². The number of hydrogen-bond donors (Lipinski definition) is 0. The van der Waals surface area contributed by atoms with Crippen molar-refractivity contribution in [2.75, 3.05) is 7.11 Å². The molecule has 0 radical (unpaired) electrons. The largest absolute Gasteiger partial charge is 0.496 e. The lowest BCUT2D eigenvalue weighted by atomic mass is 10.1. The molecule has 0 spiro atoms. The van der Waals surface area contributed by atoms with Crippen molar-refractivity contribution in [1.82, 2.24) is 15.0 Å². The number of benzene rings is 1. The van der Waals surface area contributed by atoms with Crippen LogP contribution in [0.2, 0.25) is 0 Å². The van der Waals surface area contributed by atoms with Crippen LogP contribution in [0.5, 0.6) is 5.75 Å². The monoisotopic (exact) mass is 259 g/mol. The van der Waals surface area contributed by atoms with E-state index in [-0.39, 0.29) is 0 Å². The average Bonchev–Trinajstić information content (AvgIpc) is 2.80. The highest BCUT2D eigenvalue weighted by Crippen LogP contribution is 2.31. The van der Waals surface area contributed by atoms with Gasteiger partial charge in [0.15, 0.2) is 12.0 Å². The van der Waals surface area contributed by atoms with Crippen molar-refractivity contribution in [2.45, 2.75) is 20.4 Å². The van der Waals surface area contributed by atoms with Gasteiger partial charge >= 0.3 is 0 Å². The lowest BCUT2D eigenvalue weighted by Gasteiger charge is -2.12. The molecule has 0 fully saturated rings. The molecule has 5 heteroatoms. The van der Waals surface area contributed by atoms with Gasteiger partial charge in [-0.25, -0.2) is 4.68 Å². The Morgan fingerprint density at radius 3 is 2.74 bits per heavy atom. The number of aromatic nitrogens is 3. The number of aldehydes is 1. The van der Waals surface area contributed by atoms with E-state index in [2.05, 4.69) is 24.2 Å². The molecule has 0 saturated carbocycles. The zero-order valence-electron chi connectivity index (χ0n) is 11.3. The third-order valence-corrected chi connectivity index (χ3v) is 2.77. The minimum Gasteiger partial charge on any atom is -0.496 e. The van der Waals surface area contributed by atoms with E-state index in [4.69, 9.17) is 4.74 Å². The van der Waals surface area contributed by atoms with Crippen LogP contribution in [0.3, 0.4) is 0 Å². The van der Waals surface area contributed by atoms with Gasteiger partial charge in [0, 0.05) is 12.1 Å². The van der Waals surface area contributed by atoms with Crippen molar-refractivity contribution in [3.63, 3.8) is 0 Å². The molecule has 0 N–H and O–H groups in total. The van der Waals surface area contributed by atoms with Gasteiger partial charge in [0.2, 0.25) is 0 Å². The summed E-state index contributed by atoms with van der Waals surface area (Å²) in [5.74, 6) is 1.12. The molecule has 1 aromatic heterocycles. The molecule has 0 amide bonds. The SMILES string of the molecule is COc1ccccc1-c1c(C=O)nnn1CC(C)C. The summed E-state index contributed by atoms with van der Waals surface area (Å²) in [4.78, 5) is 11.1. The van der Waals surface area contributed by atoms with Crippen LogP contribution in [0.15, 0.2) is 24.3 Å². The van der Waals surface area contributed by atoms with Crippen LogP contribution in [-0.4, -0.2) is 28.4 Å². The Kier molecular flexibility index (Phi) is 3.94. The van der Waals surface area contributed by atoms with Crippen LogP contribution in [0.4, 0.5) is 0 Å². The van der Waals surface area contributed by atoms with Crippen LogP contribution in [0.25, 0.3) is 11.3 Å². The fourth-order valence-electron chi connectivity index (χ4n) is 2.00. The molecule has 0 aliphatic rings. The van der Waals surface area contributed by atoms with E-state index in [1.807, 2.05) is 24.3 Å².